The molecule has 0 fully saturated rings. The van der Waals surface area contributed by atoms with Crippen LogP contribution in [-0.4, -0.2) is 54.7 Å². The van der Waals surface area contributed by atoms with Gasteiger partial charge in [0.2, 0.25) is 0 Å². The summed E-state index contributed by atoms with van der Waals surface area (Å²) in [6, 6.07) is 0. The van der Waals surface area contributed by atoms with E-state index in [0.717, 1.165) is 0 Å². The molecule has 0 radical (unpaired) electrons. The molecule has 9 nitrogen and oxygen atoms in total. The van der Waals surface area contributed by atoms with Gasteiger partial charge in [0, 0.05) is 0 Å². The van der Waals surface area contributed by atoms with E-state index in [4.69, 9.17) is 70.7 Å². The van der Waals surface area contributed by atoms with Crippen LogP contribution in [0.2, 0.25) is 0 Å². The number of rotatable bonds is 10. The van der Waals surface area contributed by atoms with E-state index in [1.807, 2.05) is 0 Å². The molecule has 0 amide bonds. The van der Waals surface area contributed by atoms with Gasteiger partial charge in [0.1, 0.15) is 10.9 Å². The smallest absolute Gasteiger partial charge is 0.376 e. The lowest BCUT2D eigenvalue weighted by atomic mass is 10.3. The minimum Gasteiger partial charge on any atom is -0.376 e. The molecule has 0 spiro atoms. The number of hydrogen-bond donors (Lipinski definition) is 4. The summed E-state index contributed by atoms with van der Waals surface area (Å²) in [5.74, 6) is 0. The van der Waals surface area contributed by atoms with Crippen LogP contribution in [0.5, 0.6) is 0 Å². The van der Waals surface area contributed by atoms with Gasteiger partial charge in [0.25, 0.3) is 0 Å². The molecule has 4 N–H and O–H groups in total. The third-order valence-corrected chi connectivity index (χ3v) is 4.85. The van der Waals surface area contributed by atoms with Gasteiger partial charge in [0.15, 0.2) is 4.33 Å². The van der Waals surface area contributed by atoms with E-state index in [1.165, 1.54) is 0 Å². The fraction of sp³-hybridized carbons (Fsp3) is 1.00. The van der Waals surface area contributed by atoms with Crippen molar-refractivity contribution in [3.05, 3.63) is 0 Å². The maximum absolute atomic E-state index is 10.8. The summed E-state index contributed by atoms with van der Waals surface area (Å²) in [5, 5.41) is 0. The molecule has 0 aliphatic heterocycles. The first kappa shape index (κ1) is 22.3. The molecule has 0 heterocycles. The lowest BCUT2D eigenvalue weighted by Crippen LogP contribution is -2.42. The van der Waals surface area contributed by atoms with Crippen molar-refractivity contribution in [3.63, 3.8) is 0 Å². The summed E-state index contributed by atoms with van der Waals surface area (Å²) in [4.78, 5) is 32.8. The summed E-state index contributed by atoms with van der Waals surface area (Å²) < 4.78 is 32.3. The molecule has 21 heavy (non-hydrogen) atoms. The molecule has 1 atom stereocenters. The SMILES string of the molecule is O=P(O)(O)OCCOCC(OP(=O)(O)O)C(Cl)(Cl)C(Cl)Cl. The van der Waals surface area contributed by atoms with Crippen molar-refractivity contribution in [1.82, 2.24) is 0 Å². The number of halogens is 4. The first-order valence-corrected chi connectivity index (χ1v) is 9.62. The quantitative estimate of drug-likeness (QED) is 0.230. The van der Waals surface area contributed by atoms with Gasteiger partial charge in [-0.3, -0.25) is 9.05 Å². The van der Waals surface area contributed by atoms with Gasteiger partial charge in [0.05, 0.1) is 19.8 Å². The monoisotopic (exact) mass is 430 g/mol. The Bertz CT molecular complexity index is 407. The zero-order valence-corrected chi connectivity index (χ0v) is 14.8. The lowest BCUT2D eigenvalue weighted by Gasteiger charge is -2.30. The van der Waals surface area contributed by atoms with Crippen molar-refractivity contribution in [2.45, 2.75) is 15.3 Å². The Morgan fingerprint density at radius 1 is 1.00 bits per heavy atom. The topological polar surface area (TPSA) is 143 Å². The molecule has 0 aliphatic carbocycles. The highest BCUT2D eigenvalue weighted by Gasteiger charge is 2.45. The minimum absolute atomic E-state index is 0.342. The Morgan fingerprint density at radius 2 is 1.52 bits per heavy atom. The Balaban J connectivity index is 4.50. The van der Waals surface area contributed by atoms with Crippen LogP contribution in [0.15, 0.2) is 0 Å². The molecular weight excluding hydrogens is 420 g/mol. The van der Waals surface area contributed by atoms with E-state index in [2.05, 4.69) is 9.05 Å². The minimum atomic E-state index is -4.96. The molecule has 0 aromatic rings. The molecule has 128 valence electrons. The lowest BCUT2D eigenvalue weighted by molar-refractivity contribution is 0.0141. The largest absolute Gasteiger partial charge is 0.470 e. The fourth-order valence-electron chi connectivity index (χ4n) is 0.924. The first-order chi connectivity index (χ1) is 9.26. The van der Waals surface area contributed by atoms with Crippen molar-refractivity contribution >= 4 is 62.0 Å². The van der Waals surface area contributed by atoms with Crippen LogP contribution in [0.4, 0.5) is 0 Å². The number of hydrogen-bond acceptors (Lipinski definition) is 5. The van der Waals surface area contributed by atoms with Gasteiger partial charge in [-0.15, -0.1) is 23.2 Å². The fourth-order valence-corrected chi connectivity index (χ4v) is 2.41. The van der Waals surface area contributed by atoms with E-state index in [9.17, 15) is 9.13 Å². The van der Waals surface area contributed by atoms with E-state index >= 15 is 0 Å². The molecule has 15 heteroatoms. The van der Waals surface area contributed by atoms with Crippen LogP contribution in [0.1, 0.15) is 0 Å². The molecule has 0 rings (SSSR count). The third-order valence-electron chi connectivity index (χ3n) is 1.74. The average molecular weight is 432 g/mol. The molecule has 1 unspecified atom stereocenters. The second-order valence-corrected chi connectivity index (χ2v) is 8.43. The normalized spacial score (nSPS) is 15.5. The number of alkyl halides is 4. The van der Waals surface area contributed by atoms with Gasteiger partial charge in [-0.1, -0.05) is 23.2 Å². The summed E-state index contributed by atoms with van der Waals surface area (Å²) in [6.07, 6.45) is -1.61. The van der Waals surface area contributed by atoms with Crippen molar-refractivity contribution < 1.29 is 42.5 Å². The maximum Gasteiger partial charge on any atom is 0.470 e. The van der Waals surface area contributed by atoms with Gasteiger partial charge in [-0.2, -0.15) is 0 Å². The Labute approximate surface area is 139 Å². The van der Waals surface area contributed by atoms with Crippen LogP contribution < -0.4 is 0 Å². The molecular formula is C6H12Cl4O9P2. The predicted molar refractivity (Wildman–Crippen MR) is 75.7 cm³/mol. The number of phosphoric ester groups is 2. The second-order valence-electron chi connectivity index (χ2n) is 3.46. The van der Waals surface area contributed by atoms with Crippen LogP contribution in [0.3, 0.4) is 0 Å². The van der Waals surface area contributed by atoms with Crippen molar-refractivity contribution in [3.8, 4) is 0 Å². The maximum atomic E-state index is 10.8. The summed E-state index contributed by atoms with van der Waals surface area (Å²) in [7, 11) is -9.60. The summed E-state index contributed by atoms with van der Waals surface area (Å²) in [6.45, 7) is -1.40. The molecule has 0 saturated carbocycles. The third kappa shape index (κ3) is 10.7. The van der Waals surface area contributed by atoms with Crippen molar-refractivity contribution in [1.29, 1.82) is 0 Å². The van der Waals surface area contributed by atoms with Gasteiger partial charge in [-0.05, 0) is 0 Å². The first-order valence-electron chi connectivity index (χ1n) is 4.93. The highest BCUT2D eigenvalue weighted by molar-refractivity contribution is 7.46. The van der Waals surface area contributed by atoms with E-state index in [1.54, 1.807) is 0 Å². The van der Waals surface area contributed by atoms with E-state index < -0.39 is 44.1 Å². The number of phosphoric acid groups is 2. The highest BCUT2D eigenvalue weighted by atomic mass is 35.5. The molecule has 0 saturated heterocycles. The Kier molecular flexibility index (Phi) is 9.56. The van der Waals surface area contributed by atoms with Crippen molar-refractivity contribution in [2.24, 2.45) is 0 Å². The van der Waals surface area contributed by atoms with Crippen LogP contribution in [-0.2, 0) is 22.9 Å². The molecule has 0 bridgehead atoms. The highest BCUT2D eigenvalue weighted by Crippen LogP contribution is 2.45. The zero-order valence-electron chi connectivity index (χ0n) is 10.0. The van der Waals surface area contributed by atoms with Crippen molar-refractivity contribution in [2.75, 3.05) is 19.8 Å². The summed E-state index contributed by atoms with van der Waals surface area (Å²) in [5.41, 5.74) is 0. The van der Waals surface area contributed by atoms with Gasteiger partial charge in [-0.25, -0.2) is 9.13 Å². The Hall–Kier alpha value is 1.34. The zero-order chi connectivity index (χ0) is 16.9. The van der Waals surface area contributed by atoms with E-state index in [0.29, 0.717) is 0 Å². The van der Waals surface area contributed by atoms with Crippen LogP contribution >= 0.6 is 62.0 Å². The summed E-state index contributed by atoms with van der Waals surface area (Å²) >= 11 is 22.4. The van der Waals surface area contributed by atoms with Crippen LogP contribution in [0, 0.1) is 0 Å². The standard InChI is InChI=1S/C6H12Cl4O9P2/c7-5(8)6(9,10)4(19-21(14,15)16)3-17-1-2-18-20(11,12)13/h4-5H,1-3H2,(H2,11,12,13)(H2,14,15,16). The predicted octanol–water partition coefficient (Wildman–Crippen LogP) is 1.57. The molecule has 0 aliphatic rings. The number of ether oxygens (including phenoxy) is 1. The second kappa shape index (κ2) is 8.99. The van der Waals surface area contributed by atoms with E-state index in [-0.39, 0.29) is 6.61 Å². The molecule has 0 aromatic heterocycles. The Morgan fingerprint density at radius 3 is 1.90 bits per heavy atom. The van der Waals surface area contributed by atoms with Crippen LogP contribution in [0.25, 0.3) is 0 Å². The molecule has 0 aromatic carbocycles. The van der Waals surface area contributed by atoms with Gasteiger partial charge < -0.3 is 24.3 Å². The average Bonchev–Trinajstić information content (AvgIpc) is 2.23. The van der Waals surface area contributed by atoms with Gasteiger partial charge >= 0.3 is 15.6 Å².